The molecule has 0 saturated heterocycles. The highest BCUT2D eigenvalue weighted by atomic mass is 15.3. The van der Waals surface area contributed by atoms with E-state index < -0.39 is 0 Å². The summed E-state index contributed by atoms with van der Waals surface area (Å²) in [4.78, 5) is 4.39. The molecule has 0 fully saturated rings. The van der Waals surface area contributed by atoms with E-state index in [1.807, 2.05) is 29.1 Å². The van der Waals surface area contributed by atoms with Crippen LogP contribution in [0, 0.1) is 12.8 Å². The summed E-state index contributed by atoms with van der Waals surface area (Å²) in [6.45, 7) is 8.28. The van der Waals surface area contributed by atoms with Crippen LogP contribution < -0.4 is 0 Å². The van der Waals surface area contributed by atoms with Gasteiger partial charge in [-0.2, -0.15) is 5.10 Å². The second kappa shape index (κ2) is 4.09. The van der Waals surface area contributed by atoms with Gasteiger partial charge in [-0.25, -0.2) is 9.67 Å². The Labute approximate surface area is 107 Å². The zero-order valence-electron chi connectivity index (χ0n) is 10.8. The van der Waals surface area contributed by atoms with Gasteiger partial charge in [0.2, 0.25) is 0 Å². The molecule has 0 bridgehead atoms. The van der Waals surface area contributed by atoms with Crippen molar-refractivity contribution >= 4 is 0 Å². The van der Waals surface area contributed by atoms with Gasteiger partial charge in [-0.1, -0.05) is 18.2 Å². The van der Waals surface area contributed by atoms with Crippen LogP contribution in [0.15, 0.2) is 36.5 Å². The molecule has 0 aliphatic heterocycles. The monoisotopic (exact) mass is 239 g/mol. The molecule has 1 atom stereocenters. The molecule has 18 heavy (non-hydrogen) atoms. The molecule has 0 unspecified atom stereocenters. The molecule has 3 nitrogen and oxygen atoms in total. The quantitative estimate of drug-likeness (QED) is 0.754. The molecule has 1 aliphatic rings. The maximum Gasteiger partial charge on any atom is 0.153 e. The molecule has 92 valence electrons. The molecule has 0 amide bonds. The first kappa shape index (κ1) is 11.2. The fourth-order valence-electron chi connectivity index (χ4n) is 2.65. The Balaban J connectivity index is 2.06. The lowest BCUT2D eigenvalue weighted by Crippen LogP contribution is -2.07. The van der Waals surface area contributed by atoms with Gasteiger partial charge in [-0.05, 0) is 50.3 Å². The SMILES string of the molecule is C=C(C)[C@H]1Cc2c(C)nn(-c3ccccn3)c2C1. The molecule has 2 aromatic rings. The zero-order chi connectivity index (χ0) is 12.7. The van der Waals surface area contributed by atoms with E-state index in [1.165, 1.54) is 16.8 Å². The fraction of sp³-hybridized carbons (Fsp3) is 0.333. The van der Waals surface area contributed by atoms with Crippen molar-refractivity contribution in [2.45, 2.75) is 26.7 Å². The molecular formula is C15H17N3. The maximum absolute atomic E-state index is 4.62. The van der Waals surface area contributed by atoms with Crippen LogP contribution in [0.2, 0.25) is 0 Å². The van der Waals surface area contributed by atoms with Crippen molar-refractivity contribution in [3.8, 4) is 5.82 Å². The highest BCUT2D eigenvalue weighted by Gasteiger charge is 2.28. The number of aromatic nitrogens is 3. The van der Waals surface area contributed by atoms with Gasteiger partial charge in [-0.3, -0.25) is 0 Å². The average molecular weight is 239 g/mol. The highest BCUT2D eigenvalue weighted by Crippen LogP contribution is 2.33. The lowest BCUT2D eigenvalue weighted by molar-refractivity contribution is 0.629. The van der Waals surface area contributed by atoms with Gasteiger partial charge in [0, 0.05) is 6.20 Å². The van der Waals surface area contributed by atoms with Crippen LogP contribution in [0.4, 0.5) is 0 Å². The van der Waals surface area contributed by atoms with Crippen LogP contribution in [0.3, 0.4) is 0 Å². The molecule has 3 rings (SSSR count). The van der Waals surface area contributed by atoms with E-state index in [4.69, 9.17) is 0 Å². The Morgan fingerprint density at radius 3 is 2.89 bits per heavy atom. The van der Waals surface area contributed by atoms with Crippen LogP contribution in [0.25, 0.3) is 5.82 Å². The summed E-state index contributed by atoms with van der Waals surface area (Å²) in [6, 6.07) is 5.93. The summed E-state index contributed by atoms with van der Waals surface area (Å²) in [5.74, 6) is 1.47. The molecule has 3 heteroatoms. The number of nitrogens with zero attached hydrogens (tertiary/aromatic N) is 3. The number of allylic oxidation sites excluding steroid dienone is 1. The van der Waals surface area contributed by atoms with Crippen molar-refractivity contribution in [3.63, 3.8) is 0 Å². The summed E-state index contributed by atoms with van der Waals surface area (Å²) < 4.78 is 1.99. The van der Waals surface area contributed by atoms with E-state index in [9.17, 15) is 0 Å². The van der Waals surface area contributed by atoms with Crippen molar-refractivity contribution in [2.24, 2.45) is 5.92 Å². The van der Waals surface area contributed by atoms with Crippen LogP contribution in [0.5, 0.6) is 0 Å². The predicted octanol–water partition coefficient (Wildman–Crippen LogP) is 2.87. The number of pyridine rings is 1. The molecule has 0 radical (unpaired) electrons. The lowest BCUT2D eigenvalue weighted by atomic mass is 9.99. The van der Waals surface area contributed by atoms with Gasteiger partial charge < -0.3 is 0 Å². The second-order valence-corrected chi connectivity index (χ2v) is 5.06. The van der Waals surface area contributed by atoms with Gasteiger partial charge in [0.15, 0.2) is 5.82 Å². The number of hydrogen-bond acceptors (Lipinski definition) is 2. The molecule has 0 aromatic carbocycles. The van der Waals surface area contributed by atoms with E-state index in [-0.39, 0.29) is 0 Å². The first-order chi connectivity index (χ1) is 8.66. The highest BCUT2D eigenvalue weighted by molar-refractivity contribution is 5.38. The minimum atomic E-state index is 0.562. The smallest absolute Gasteiger partial charge is 0.153 e. The molecule has 2 aromatic heterocycles. The third kappa shape index (κ3) is 1.67. The lowest BCUT2D eigenvalue weighted by Gasteiger charge is -2.09. The van der Waals surface area contributed by atoms with Crippen LogP contribution in [-0.2, 0) is 12.8 Å². The van der Waals surface area contributed by atoms with Crippen molar-refractivity contribution in [1.29, 1.82) is 0 Å². The van der Waals surface area contributed by atoms with Crippen molar-refractivity contribution in [1.82, 2.24) is 14.8 Å². The van der Waals surface area contributed by atoms with Gasteiger partial charge >= 0.3 is 0 Å². The van der Waals surface area contributed by atoms with Crippen LogP contribution >= 0.6 is 0 Å². The van der Waals surface area contributed by atoms with Gasteiger partial charge in [-0.15, -0.1) is 0 Å². The Kier molecular flexibility index (Phi) is 2.54. The largest absolute Gasteiger partial charge is 0.237 e. The predicted molar refractivity (Wildman–Crippen MR) is 71.8 cm³/mol. The molecule has 1 aliphatic carbocycles. The Bertz CT molecular complexity index is 596. The number of rotatable bonds is 2. The molecule has 0 spiro atoms. The molecule has 0 N–H and O–H groups in total. The zero-order valence-corrected chi connectivity index (χ0v) is 10.8. The number of aryl methyl sites for hydroxylation is 1. The normalized spacial score (nSPS) is 17.8. The third-order valence-corrected chi connectivity index (χ3v) is 3.74. The summed E-state index contributed by atoms with van der Waals surface area (Å²) in [7, 11) is 0. The third-order valence-electron chi connectivity index (χ3n) is 3.74. The summed E-state index contributed by atoms with van der Waals surface area (Å²) >= 11 is 0. The Morgan fingerprint density at radius 2 is 2.22 bits per heavy atom. The fourth-order valence-corrected chi connectivity index (χ4v) is 2.65. The summed E-state index contributed by atoms with van der Waals surface area (Å²) in [5, 5.41) is 4.62. The minimum Gasteiger partial charge on any atom is -0.237 e. The average Bonchev–Trinajstić information content (AvgIpc) is 2.92. The minimum absolute atomic E-state index is 0.562. The van der Waals surface area contributed by atoms with E-state index in [2.05, 4.69) is 30.5 Å². The summed E-state index contributed by atoms with van der Waals surface area (Å²) in [6.07, 6.45) is 3.91. The van der Waals surface area contributed by atoms with E-state index in [1.54, 1.807) is 0 Å². The van der Waals surface area contributed by atoms with Crippen LogP contribution in [0.1, 0.15) is 23.9 Å². The first-order valence-corrected chi connectivity index (χ1v) is 6.31. The van der Waals surface area contributed by atoms with Crippen molar-refractivity contribution in [3.05, 3.63) is 53.5 Å². The molecule has 2 heterocycles. The standard InChI is InChI=1S/C15H17N3/c1-10(2)12-8-13-11(3)17-18(14(13)9-12)15-6-4-5-7-16-15/h4-7,12H,1,8-9H2,2-3H3/t12-/m0/s1. The van der Waals surface area contributed by atoms with Crippen LogP contribution in [-0.4, -0.2) is 14.8 Å². The summed E-state index contributed by atoms with van der Waals surface area (Å²) in [5.41, 5.74) is 5.07. The Morgan fingerprint density at radius 1 is 1.39 bits per heavy atom. The van der Waals surface area contributed by atoms with Crippen molar-refractivity contribution in [2.75, 3.05) is 0 Å². The number of fused-ring (bicyclic) bond motifs is 1. The topological polar surface area (TPSA) is 30.7 Å². The van der Waals surface area contributed by atoms with Crippen molar-refractivity contribution < 1.29 is 0 Å². The van der Waals surface area contributed by atoms with E-state index >= 15 is 0 Å². The second-order valence-electron chi connectivity index (χ2n) is 5.06. The molecular weight excluding hydrogens is 222 g/mol. The maximum atomic E-state index is 4.62. The van der Waals surface area contributed by atoms with Gasteiger partial charge in [0.1, 0.15) is 0 Å². The van der Waals surface area contributed by atoms with E-state index in [0.717, 1.165) is 24.4 Å². The van der Waals surface area contributed by atoms with E-state index in [0.29, 0.717) is 5.92 Å². The molecule has 0 saturated carbocycles. The van der Waals surface area contributed by atoms with Gasteiger partial charge in [0.05, 0.1) is 11.4 Å². The Hall–Kier alpha value is -1.90. The number of hydrogen-bond donors (Lipinski definition) is 0. The van der Waals surface area contributed by atoms with Gasteiger partial charge in [0.25, 0.3) is 0 Å². The first-order valence-electron chi connectivity index (χ1n) is 6.31.